The van der Waals surface area contributed by atoms with E-state index in [1.165, 1.54) is 12.5 Å². The van der Waals surface area contributed by atoms with Crippen molar-refractivity contribution in [2.45, 2.75) is 25.5 Å². The molecule has 4 heterocycles. The van der Waals surface area contributed by atoms with Gasteiger partial charge < -0.3 is 19.4 Å². The van der Waals surface area contributed by atoms with E-state index in [9.17, 15) is 9.59 Å². The molecule has 1 aromatic carbocycles. The van der Waals surface area contributed by atoms with Crippen LogP contribution in [0, 0.1) is 0 Å². The van der Waals surface area contributed by atoms with Gasteiger partial charge in [-0.1, -0.05) is 6.07 Å². The smallest absolute Gasteiger partial charge is 0.259 e. The summed E-state index contributed by atoms with van der Waals surface area (Å²) in [6, 6.07) is 14.5. The standard InChI is InChI=1S/C26H25N5O4/c32-25(20-10-13-34-18-20)29-22-14-28-31(16-22)23-8-6-19(7-9-23)26(33)30(17-24-5-3-12-35-24)15-21-4-1-2-11-27-21/h1-2,4,6-11,13-14,16,18,24H,3,5,12,15,17H2,(H,29,32). The molecule has 1 saturated heterocycles. The zero-order chi connectivity index (χ0) is 24.0. The van der Waals surface area contributed by atoms with Crippen LogP contribution in [-0.2, 0) is 11.3 Å². The lowest BCUT2D eigenvalue weighted by Crippen LogP contribution is -2.37. The molecule has 1 fully saturated rings. The topological polar surface area (TPSA) is 102 Å². The molecule has 5 rings (SSSR count). The van der Waals surface area contributed by atoms with Gasteiger partial charge in [-0.2, -0.15) is 5.10 Å². The molecular weight excluding hydrogens is 446 g/mol. The summed E-state index contributed by atoms with van der Waals surface area (Å²) in [6.45, 7) is 1.68. The van der Waals surface area contributed by atoms with Crippen molar-refractivity contribution in [2.24, 2.45) is 0 Å². The van der Waals surface area contributed by atoms with Crippen molar-refractivity contribution < 1.29 is 18.7 Å². The molecule has 1 aliphatic heterocycles. The van der Waals surface area contributed by atoms with E-state index in [4.69, 9.17) is 9.15 Å². The van der Waals surface area contributed by atoms with E-state index in [0.717, 1.165) is 30.8 Å². The normalized spacial score (nSPS) is 15.1. The average Bonchev–Trinajstić information content (AvgIpc) is 3.67. The van der Waals surface area contributed by atoms with E-state index < -0.39 is 0 Å². The predicted octanol–water partition coefficient (Wildman–Crippen LogP) is 3.93. The number of hydrogen-bond acceptors (Lipinski definition) is 6. The van der Waals surface area contributed by atoms with Gasteiger partial charge in [0.2, 0.25) is 0 Å². The molecule has 1 N–H and O–H groups in total. The van der Waals surface area contributed by atoms with Gasteiger partial charge in [0, 0.05) is 24.9 Å². The molecule has 9 nitrogen and oxygen atoms in total. The quantitative estimate of drug-likeness (QED) is 0.418. The molecule has 0 spiro atoms. The van der Waals surface area contributed by atoms with Gasteiger partial charge in [0.25, 0.3) is 11.8 Å². The molecule has 2 amide bonds. The van der Waals surface area contributed by atoms with E-state index in [2.05, 4.69) is 15.4 Å². The number of furan rings is 1. The fourth-order valence-electron chi connectivity index (χ4n) is 4.01. The number of hydrogen-bond donors (Lipinski definition) is 1. The van der Waals surface area contributed by atoms with Crippen molar-refractivity contribution >= 4 is 17.5 Å². The number of pyridine rings is 1. The Morgan fingerprint density at radius 2 is 2.00 bits per heavy atom. The van der Waals surface area contributed by atoms with Gasteiger partial charge in [0.05, 0.1) is 53.9 Å². The van der Waals surface area contributed by atoms with Gasteiger partial charge in [-0.05, 0) is 55.3 Å². The minimum Gasteiger partial charge on any atom is -0.472 e. The zero-order valence-electron chi connectivity index (χ0n) is 19.0. The van der Waals surface area contributed by atoms with Gasteiger partial charge in [-0.15, -0.1) is 0 Å². The second-order valence-electron chi connectivity index (χ2n) is 8.33. The summed E-state index contributed by atoms with van der Waals surface area (Å²) in [4.78, 5) is 31.8. The number of carbonyl (C=O) groups excluding carboxylic acids is 2. The van der Waals surface area contributed by atoms with Gasteiger partial charge in [0.1, 0.15) is 6.26 Å². The van der Waals surface area contributed by atoms with E-state index in [-0.39, 0.29) is 17.9 Å². The second-order valence-corrected chi connectivity index (χ2v) is 8.33. The highest BCUT2D eigenvalue weighted by atomic mass is 16.5. The first-order valence-electron chi connectivity index (χ1n) is 11.5. The first kappa shape index (κ1) is 22.5. The van der Waals surface area contributed by atoms with Crippen LogP contribution >= 0.6 is 0 Å². The number of nitrogens with one attached hydrogen (secondary N) is 1. The van der Waals surface area contributed by atoms with Gasteiger partial charge in [-0.3, -0.25) is 14.6 Å². The number of amides is 2. The van der Waals surface area contributed by atoms with Crippen molar-refractivity contribution in [3.8, 4) is 5.69 Å². The maximum atomic E-state index is 13.4. The summed E-state index contributed by atoms with van der Waals surface area (Å²) in [5.41, 5.74) is 3.15. The molecule has 0 saturated carbocycles. The Kier molecular flexibility index (Phi) is 6.67. The lowest BCUT2D eigenvalue weighted by atomic mass is 10.1. The third-order valence-corrected chi connectivity index (χ3v) is 5.82. The number of benzene rings is 1. The third kappa shape index (κ3) is 5.47. The SMILES string of the molecule is O=C(Nc1cnn(-c2ccc(C(=O)N(Cc3ccccn3)CC3CCCO3)cc2)c1)c1ccoc1. The van der Waals surface area contributed by atoms with E-state index in [1.807, 2.05) is 30.3 Å². The van der Waals surface area contributed by atoms with E-state index in [1.54, 1.807) is 46.4 Å². The van der Waals surface area contributed by atoms with Gasteiger partial charge >= 0.3 is 0 Å². The maximum Gasteiger partial charge on any atom is 0.259 e. The number of nitrogens with zero attached hydrogens (tertiary/aromatic N) is 4. The third-order valence-electron chi connectivity index (χ3n) is 5.82. The number of ether oxygens (including phenoxy) is 1. The molecule has 1 aliphatic rings. The second kappa shape index (κ2) is 10.4. The van der Waals surface area contributed by atoms with Crippen molar-refractivity contribution in [3.05, 3.63) is 96.5 Å². The predicted molar refractivity (Wildman–Crippen MR) is 128 cm³/mol. The van der Waals surface area contributed by atoms with Crippen molar-refractivity contribution in [1.29, 1.82) is 0 Å². The van der Waals surface area contributed by atoms with Crippen LogP contribution in [-0.4, -0.2) is 50.7 Å². The molecule has 0 bridgehead atoms. The highest BCUT2D eigenvalue weighted by Gasteiger charge is 2.24. The van der Waals surface area contributed by atoms with Crippen LogP contribution in [0.2, 0.25) is 0 Å². The van der Waals surface area contributed by atoms with Crippen LogP contribution < -0.4 is 5.32 Å². The molecule has 0 radical (unpaired) electrons. The summed E-state index contributed by atoms with van der Waals surface area (Å²) in [5.74, 6) is -0.357. The minimum absolute atomic E-state index is 0.0432. The summed E-state index contributed by atoms with van der Waals surface area (Å²) in [6.07, 6.45) is 9.83. The minimum atomic E-state index is -0.279. The molecular formula is C26H25N5O4. The summed E-state index contributed by atoms with van der Waals surface area (Å²) in [7, 11) is 0. The van der Waals surface area contributed by atoms with Crippen LogP contribution in [0.5, 0.6) is 0 Å². The van der Waals surface area contributed by atoms with Crippen molar-refractivity contribution in [3.63, 3.8) is 0 Å². The van der Waals surface area contributed by atoms with E-state index >= 15 is 0 Å². The molecule has 178 valence electrons. The largest absolute Gasteiger partial charge is 0.472 e. The van der Waals surface area contributed by atoms with Crippen LogP contribution in [0.15, 0.2) is 84.1 Å². The lowest BCUT2D eigenvalue weighted by Gasteiger charge is -2.25. The Bertz CT molecular complexity index is 1260. The molecule has 9 heteroatoms. The summed E-state index contributed by atoms with van der Waals surface area (Å²) >= 11 is 0. The first-order valence-corrected chi connectivity index (χ1v) is 11.5. The molecule has 1 unspecified atom stereocenters. The van der Waals surface area contributed by atoms with Crippen LogP contribution in [0.3, 0.4) is 0 Å². The Morgan fingerprint density at radius 1 is 1.11 bits per heavy atom. The van der Waals surface area contributed by atoms with Crippen LogP contribution in [0.25, 0.3) is 5.69 Å². The summed E-state index contributed by atoms with van der Waals surface area (Å²) < 4.78 is 12.4. The Morgan fingerprint density at radius 3 is 2.71 bits per heavy atom. The fourth-order valence-corrected chi connectivity index (χ4v) is 4.01. The maximum absolute atomic E-state index is 13.4. The van der Waals surface area contributed by atoms with Gasteiger partial charge in [-0.25, -0.2) is 4.68 Å². The number of rotatable bonds is 8. The molecule has 3 aromatic heterocycles. The highest BCUT2D eigenvalue weighted by molar-refractivity contribution is 6.03. The fraction of sp³-hybridized carbons (Fsp3) is 0.231. The number of carbonyl (C=O) groups is 2. The zero-order valence-corrected chi connectivity index (χ0v) is 19.0. The first-order chi connectivity index (χ1) is 17.2. The van der Waals surface area contributed by atoms with Crippen LogP contribution in [0.4, 0.5) is 5.69 Å². The Hall–Kier alpha value is -4.24. The highest BCUT2D eigenvalue weighted by Crippen LogP contribution is 2.19. The van der Waals surface area contributed by atoms with E-state index in [0.29, 0.717) is 29.9 Å². The molecule has 35 heavy (non-hydrogen) atoms. The Balaban J connectivity index is 1.28. The van der Waals surface area contributed by atoms with Crippen LogP contribution in [0.1, 0.15) is 39.3 Å². The molecule has 1 atom stereocenters. The van der Waals surface area contributed by atoms with Gasteiger partial charge in [0.15, 0.2) is 0 Å². The average molecular weight is 472 g/mol. The molecule has 4 aromatic rings. The lowest BCUT2D eigenvalue weighted by molar-refractivity contribution is 0.0504. The Labute approximate surface area is 202 Å². The monoisotopic (exact) mass is 471 g/mol. The van der Waals surface area contributed by atoms with Crippen molar-refractivity contribution in [1.82, 2.24) is 19.7 Å². The summed E-state index contributed by atoms with van der Waals surface area (Å²) in [5, 5.41) is 7.09. The molecule has 0 aliphatic carbocycles. The number of aromatic nitrogens is 3. The number of anilines is 1. The van der Waals surface area contributed by atoms with Crippen molar-refractivity contribution in [2.75, 3.05) is 18.5 Å².